The van der Waals surface area contributed by atoms with Crippen LogP contribution in [0.5, 0.6) is 0 Å². The topological polar surface area (TPSA) is 122 Å². The molecule has 5 aromatic carbocycles. The molecule has 0 atom stereocenters. The summed E-state index contributed by atoms with van der Waals surface area (Å²) < 4.78 is 94.1. The van der Waals surface area contributed by atoms with Gasteiger partial charge in [-0.2, -0.15) is 26.3 Å². The predicted octanol–water partition coefficient (Wildman–Crippen LogP) is 10.1. The molecule has 284 valence electrons. The third-order valence-corrected chi connectivity index (χ3v) is 9.49. The van der Waals surface area contributed by atoms with Crippen LogP contribution in [0.2, 0.25) is 0 Å². The maximum Gasteiger partial charge on any atom is 0.439 e. The molecule has 3 N–H and O–H groups in total. The third kappa shape index (κ3) is 7.47. The molecular formula is C40H26BrF6N5O4. The smallest absolute Gasteiger partial charge is 0.338 e. The zero-order chi connectivity index (χ0) is 39.9. The van der Waals surface area contributed by atoms with Gasteiger partial charge in [0.15, 0.2) is 5.82 Å². The van der Waals surface area contributed by atoms with Crippen LogP contribution in [0.3, 0.4) is 0 Å². The van der Waals surface area contributed by atoms with Crippen molar-refractivity contribution >= 4 is 50.0 Å². The van der Waals surface area contributed by atoms with E-state index < -0.39 is 46.6 Å². The Balaban J connectivity index is 1.50. The van der Waals surface area contributed by atoms with Crippen LogP contribution in [0.15, 0.2) is 123 Å². The minimum Gasteiger partial charge on any atom is -0.338 e. The quantitative estimate of drug-likeness (QED) is 0.132. The van der Waals surface area contributed by atoms with Crippen molar-refractivity contribution in [2.45, 2.75) is 18.8 Å². The summed E-state index contributed by atoms with van der Waals surface area (Å²) in [5, 5.41) is 9.19. The zero-order valence-electron chi connectivity index (χ0n) is 28.8. The van der Waals surface area contributed by atoms with Crippen molar-refractivity contribution in [2.24, 2.45) is 7.05 Å². The van der Waals surface area contributed by atoms with Gasteiger partial charge in [-0.3, -0.25) is 19.1 Å². The number of alkyl halides is 6. The van der Waals surface area contributed by atoms with Crippen molar-refractivity contribution in [3.05, 3.63) is 147 Å². The first-order valence-corrected chi connectivity index (χ1v) is 17.4. The monoisotopic (exact) mass is 833 g/mol. The lowest BCUT2D eigenvalue weighted by Crippen LogP contribution is -2.18. The molecule has 0 radical (unpaired) electrons. The number of carbonyl (C=O) groups is 2. The lowest BCUT2D eigenvalue weighted by molar-refractivity contribution is -0.137. The molecule has 0 bridgehead atoms. The van der Waals surface area contributed by atoms with Gasteiger partial charge in [0.1, 0.15) is 5.69 Å². The van der Waals surface area contributed by atoms with Gasteiger partial charge in [0.2, 0.25) is 5.91 Å². The van der Waals surface area contributed by atoms with Crippen LogP contribution in [0.4, 0.5) is 37.7 Å². The third-order valence-electron chi connectivity index (χ3n) is 8.99. The molecule has 7 rings (SSSR count). The summed E-state index contributed by atoms with van der Waals surface area (Å²) in [5.41, 5.74) is -2.75. The highest BCUT2D eigenvalue weighted by Gasteiger charge is 2.37. The van der Waals surface area contributed by atoms with E-state index in [1.54, 1.807) is 42.5 Å². The zero-order valence-corrected chi connectivity index (χ0v) is 30.4. The molecule has 2 aromatic heterocycles. The molecule has 2 amide bonds. The van der Waals surface area contributed by atoms with E-state index in [1.165, 1.54) is 60.1 Å². The van der Waals surface area contributed by atoms with Crippen LogP contribution >= 0.6 is 15.9 Å². The van der Waals surface area contributed by atoms with Crippen molar-refractivity contribution in [1.29, 1.82) is 0 Å². The standard InChI is InChI=1S/C40H26BrF6N5O4/c1-52-32(37(54)48-31-16-15-22(41)18-28(31)36-50-38(55)56-51-36)20-27-25(23-11-5-7-13-29(23)39(42,43)44)19-26(24-12-6-8-14-30(24)40(45,46)47)34(35(27)52)49-33(53)17-21-9-3-2-4-10-21/h2-16,18-20H,17H2,1H3,(H,48,54)(H,49,53)(H,50,51,55). The Hall–Kier alpha value is -6.42. The number of carbonyl (C=O) groups excluding carboxylic acids is 2. The molecule has 0 spiro atoms. The molecular weight excluding hydrogens is 808 g/mol. The highest BCUT2D eigenvalue weighted by Crippen LogP contribution is 2.48. The second kappa shape index (κ2) is 14.7. The number of aryl methyl sites for hydroxylation is 1. The van der Waals surface area contributed by atoms with E-state index in [2.05, 4.69) is 41.2 Å². The van der Waals surface area contributed by atoms with Crippen LogP contribution in [0.25, 0.3) is 44.5 Å². The first-order chi connectivity index (χ1) is 26.6. The first-order valence-electron chi connectivity index (χ1n) is 16.6. The molecule has 56 heavy (non-hydrogen) atoms. The lowest BCUT2D eigenvalue weighted by atomic mass is 9.89. The number of aromatic nitrogens is 3. The van der Waals surface area contributed by atoms with Gasteiger partial charge in [0.05, 0.1) is 34.4 Å². The molecule has 0 aliphatic rings. The summed E-state index contributed by atoms with van der Waals surface area (Å²) in [6.07, 6.45) is -9.99. The average Bonchev–Trinajstić information content (AvgIpc) is 3.75. The Labute approximate surface area is 321 Å². The summed E-state index contributed by atoms with van der Waals surface area (Å²) in [7, 11) is 1.40. The van der Waals surface area contributed by atoms with Gasteiger partial charge in [-0.25, -0.2) is 4.79 Å². The molecule has 0 aliphatic heterocycles. The van der Waals surface area contributed by atoms with Crippen LogP contribution in [-0.2, 0) is 30.6 Å². The highest BCUT2D eigenvalue weighted by atomic mass is 79.9. The van der Waals surface area contributed by atoms with E-state index in [4.69, 9.17) is 0 Å². The molecule has 2 heterocycles. The second-order valence-electron chi connectivity index (χ2n) is 12.6. The fraction of sp³-hybridized carbons (Fsp3) is 0.100. The summed E-state index contributed by atoms with van der Waals surface area (Å²) in [6, 6.07) is 24.7. The summed E-state index contributed by atoms with van der Waals surface area (Å²) >= 11 is 3.34. The number of hydrogen-bond donors (Lipinski definition) is 3. The molecule has 0 aliphatic carbocycles. The van der Waals surface area contributed by atoms with Gasteiger partial charge in [-0.15, -0.1) is 0 Å². The fourth-order valence-electron chi connectivity index (χ4n) is 6.56. The van der Waals surface area contributed by atoms with E-state index in [-0.39, 0.29) is 62.5 Å². The summed E-state index contributed by atoms with van der Waals surface area (Å²) in [6.45, 7) is 0. The molecule has 0 fully saturated rings. The Morgan fingerprint density at radius 3 is 1.96 bits per heavy atom. The number of H-pyrrole nitrogens is 1. The van der Waals surface area contributed by atoms with E-state index in [1.807, 2.05) is 0 Å². The van der Waals surface area contributed by atoms with Crippen molar-refractivity contribution in [2.75, 3.05) is 10.6 Å². The minimum atomic E-state index is -4.91. The van der Waals surface area contributed by atoms with E-state index in [0.717, 1.165) is 18.2 Å². The molecule has 16 heteroatoms. The maximum absolute atomic E-state index is 14.6. The van der Waals surface area contributed by atoms with Crippen LogP contribution in [0, 0.1) is 0 Å². The van der Waals surface area contributed by atoms with Gasteiger partial charge >= 0.3 is 18.1 Å². The van der Waals surface area contributed by atoms with Gasteiger partial charge in [0.25, 0.3) is 5.91 Å². The van der Waals surface area contributed by atoms with E-state index >= 15 is 0 Å². The van der Waals surface area contributed by atoms with Crippen LogP contribution in [-0.4, -0.2) is 26.5 Å². The predicted molar refractivity (Wildman–Crippen MR) is 201 cm³/mol. The number of fused-ring (bicyclic) bond motifs is 1. The maximum atomic E-state index is 14.6. The van der Waals surface area contributed by atoms with Crippen molar-refractivity contribution in [3.8, 4) is 33.6 Å². The first kappa shape index (κ1) is 37.9. The number of halogens is 7. The highest BCUT2D eigenvalue weighted by molar-refractivity contribution is 9.10. The molecule has 0 saturated heterocycles. The van der Waals surface area contributed by atoms with Crippen LogP contribution in [0.1, 0.15) is 27.2 Å². The van der Waals surface area contributed by atoms with Gasteiger partial charge < -0.3 is 15.2 Å². The van der Waals surface area contributed by atoms with Crippen LogP contribution < -0.4 is 16.4 Å². The number of anilines is 2. The Kier molecular flexibility index (Phi) is 9.92. The van der Waals surface area contributed by atoms with Crippen molar-refractivity contribution < 1.29 is 40.5 Å². The number of benzene rings is 5. The fourth-order valence-corrected chi connectivity index (χ4v) is 6.92. The second-order valence-corrected chi connectivity index (χ2v) is 13.5. The average molecular weight is 835 g/mol. The van der Waals surface area contributed by atoms with Gasteiger partial charge in [0, 0.05) is 28.0 Å². The van der Waals surface area contributed by atoms with Crippen molar-refractivity contribution in [3.63, 3.8) is 0 Å². The Morgan fingerprint density at radius 1 is 0.750 bits per heavy atom. The number of nitrogens with zero attached hydrogens (tertiary/aromatic N) is 2. The largest absolute Gasteiger partial charge is 0.439 e. The normalized spacial score (nSPS) is 11.9. The number of amides is 2. The molecule has 7 aromatic rings. The molecule has 0 saturated carbocycles. The number of aromatic amines is 1. The number of rotatable bonds is 8. The Morgan fingerprint density at radius 2 is 1.36 bits per heavy atom. The number of nitrogens with one attached hydrogen (secondary N) is 3. The van der Waals surface area contributed by atoms with Crippen molar-refractivity contribution in [1.82, 2.24) is 14.7 Å². The van der Waals surface area contributed by atoms with Gasteiger partial charge in [-0.05, 0) is 64.7 Å². The lowest BCUT2D eigenvalue weighted by Gasteiger charge is -2.21. The van der Waals surface area contributed by atoms with Gasteiger partial charge in [-0.1, -0.05) is 87.8 Å². The minimum absolute atomic E-state index is 0.0222. The summed E-state index contributed by atoms with van der Waals surface area (Å²) in [5.74, 6) is -2.32. The van der Waals surface area contributed by atoms with E-state index in [0.29, 0.717) is 10.0 Å². The Bertz CT molecular complexity index is 2700. The number of hydrogen-bond acceptors (Lipinski definition) is 5. The van der Waals surface area contributed by atoms with E-state index in [9.17, 15) is 40.7 Å². The molecule has 0 unspecified atom stereocenters. The summed E-state index contributed by atoms with van der Waals surface area (Å²) in [4.78, 5) is 42.1. The SMILES string of the molecule is Cn1c(C(=O)Nc2ccc(Br)cc2-c2noc(=O)[nH]2)cc2c(-c3ccccc3C(F)(F)F)cc(-c3ccccc3C(F)(F)F)c(NC(=O)Cc3ccccc3)c21. The molecule has 9 nitrogen and oxygen atoms in total.